The Labute approximate surface area is 213 Å². The third-order valence-corrected chi connectivity index (χ3v) is 6.35. The Hall–Kier alpha value is -3.27. The van der Waals surface area contributed by atoms with Gasteiger partial charge in [-0.1, -0.05) is 107 Å². The molecule has 0 radical (unpaired) electrons. The van der Waals surface area contributed by atoms with Crippen molar-refractivity contribution in [3.05, 3.63) is 132 Å². The minimum absolute atomic E-state index is 0.0891. The summed E-state index contributed by atoms with van der Waals surface area (Å²) in [5, 5.41) is 0. The second-order valence-electron chi connectivity index (χ2n) is 7.39. The first-order valence-corrected chi connectivity index (χ1v) is 12.1. The average molecular weight is 513 g/mol. The van der Waals surface area contributed by atoms with Crippen LogP contribution in [0, 0.1) is 0 Å². The molecule has 0 amide bonds. The van der Waals surface area contributed by atoms with Crippen LogP contribution in [0.4, 0.5) is 5.69 Å². The van der Waals surface area contributed by atoms with Gasteiger partial charge in [0.25, 0.3) is 0 Å². The van der Waals surface area contributed by atoms with Crippen molar-refractivity contribution in [1.29, 1.82) is 0 Å². The van der Waals surface area contributed by atoms with Gasteiger partial charge in [0.15, 0.2) is 0 Å². The molecule has 0 heterocycles. The third-order valence-electron chi connectivity index (χ3n) is 5.24. The summed E-state index contributed by atoms with van der Waals surface area (Å²) < 4.78 is 36.9. The molecule has 33 heavy (non-hydrogen) atoms. The molecule has 5 aromatic carbocycles. The van der Waals surface area contributed by atoms with Gasteiger partial charge in [0.2, 0.25) is 0 Å². The molecule has 160 valence electrons. The van der Waals surface area contributed by atoms with E-state index in [4.69, 9.17) is 5.48 Å². The summed E-state index contributed by atoms with van der Waals surface area (Å²) in [5.41, 5.74) is 7.00. The van der Waals surface area contributed by atoms with Crippen LogP contribution in [0.1, 0.15) is 5.48 Å². The van der Waals surface area contributed by atoms with Crippen molar-refractivity contribution < 1.29 is 5.48 Å². The van der Waals surface area contributed by atoms with Crippen molar-refractivity contribution in [3.8, 4) is 33.4 Å². The lowest BCUT2D eigenvalue weighted by molar-refractivity contribution is 1.44. The van der Waals surface area contributed by atoms with Crippen LogP contribution in [0.3, 0.4) is 0 Å². The van der Waals surface area contributed by atoms with Crippen LogP contribution in [-0.2, 0) is 0 Å². The summed E-state index contributed by atoms with van der Waals surface area (Å²) >= 11 is 4.28. The molecule has 0 aliphatic rings. The van der Waals surface area contributed by atoms with E-state index in [0.717, 1.165) is 51.0 Å². The highest BCUT2D eigenvalue weighted by atomic mass is 79.9. The fourth-order valence-electron chi connectivity index (χ4n) is 3.68. The molecule has 0 unspecified atom stereocenters. The number of benzene rings is 5. The lowest BCUT2D eigenvalue weighted by Gasteiger charge is -2.19. The van der Waals surface area contributed by atoms with Crippen LogP contribution in [0.2, 0.25) is 0 Å². The van der Waals surface area contributed by atoms with Gasteiger partial charge in [0, 0.05) is 20.5 Å². The summed E-state index contributed by atoms with van der Waals surface area (Å²) in [4.78, 5) is 0.239. The van der Waals surface area contributed by atoms with Crippen LogP contribution in [-0.4, -0.2) is 0 Å². The van der Waals surface area contributed by atoms with Gasteiger partial charge in [-0.05, 0) is 70.5 Å². The molecule has 3 heteroatoms. The third kappa shape index (κ3) is 5.05. The number of halogens is 1. The maximum Gasteiger partial charge on any atom is 0.0636 e. The SMILES string of the molecule is [2H]c1c([2H])c(SNc2c(-c3ccccc3)cc(-c3ccccc3)cc2-c2ccccc2)c([2H])c([2H])c1Br. The standard InChI is InChI=1S/C30H22BrNS/c31-26-16-18-27(19-17-26)33-32-30-28(23-12-6-2-7-13-23)20-25(22-10-4-1-5-11-22)21-29(30)24-14-8-3-9-15-24/h1-21,32H/i16D,17D,18D,19D. The average Bonchev–Trinajstić information content (AvgIpc) is 2.96. The van der Waals surface area contributed by atoms with E-state index >= 15 is 0 Å². The number of nitrogens with one attached hydrogen (secondary N) is 1. The molecule has 0 atom stereocenters. The van der Waals surface area contributed by atoms with Gasteiger partial charge in [-0.3, -0.25) is 0 Å². The van der Waals surface area contributed by atoms with Crippen LogP contribution in [0.5, 0.6) is 0 Å². The molecule has 0 aliphatic heterocycles. The summed E-state index contributed by atoms with van der Waals surface area (Å²) in [6, 6.07) is 34.4. The van der Waals surface area contributed by atoms with Gasteiger partial charge in [0.05, 0.1) is 11.2 Å². The molecule has 0 spiro atoms. The van der Waals surface area contributed by atoms with E-state index in [9.17, 15) is 0 Å². The molecule has 0 fully saturated rings. The Kier molecular flexibility index (Phi) is 5.28. The van der Waals surface area contributed by atoms with E-state index in [2.05, 4.69) is 69.2 Å². The summed E-state index contributed by atoms with van der Waals surface area (Å²) in [7, 11) is 0. The number of hydrogen-bond donors (Lipinski definition) is 1. The van der Waals surface area contributed by atoms with E-state index < -0.39 is 0 Å². The van der Waals surface area contributed by atoms with Crippen LogP contribution in [0.15, 0.2) is 137 Å². The second-order valence-corrected chi connectivity index (χ2v) is 9.00. The molecule has 1 nitrogen and oxygen atoms in total. The van der Waals surface area contributed by atoms with Crippen LogP contribution < -0.4 is 4.72 Å². The zero-order chi connectivity index (χ0) is 25.9. The maximum absolute atomic E-state index is 8.44. The summed E-state index contributed by atoms with van der Waals surface area (Å²) in [6.07, 6.45) is 0. The smallest absolute Gasteiger partial charge is 0.0636 e. The van der Waals surface area contributed by atoms with Crippen LogP contribution >= 0.6 is 27.9 Å². The zero-order valence-corrected chi connectivity index (χ0v) is 20.0. The number of hydrogen-bond acceptors (Lipinski definition) is 2. The van der Waals surface area contributed by atoms with Crippen molar-refractivity contribution in [3.63, 3.8) is 0 Å². The molecule has 0 aromatic heterocycles. The molecule has 0 bridgehead atoms. The molecule has 5 aromatic rings. The fourth-order valence-corrected chi connectivity index (χ4v) is 4.51. The quantitative estimate of drug-likeness (QED) is 0.227. The first kappa shape index (κ1) is 17.2. The van der Waals surface area contributed by atoms with Crippen molar-refractivity contribution in [2.45, 2.75) is 4.90 Å². The first-order chi connectivity index (χ1) is 18.0. The van der Waals surface area contributed by atoms with Gasteiger partial charge in [0.1, 0.15) is 0 Å². The maximum atomic E-state index is 8.44. The fraction of sp³-hybridized carbons (Fsp3) is 0. The molecule has 1 N–H and O–H groups in total. The normalized spacial score (nSPS) is 12.4. The number of anilines is 1. The van der Waals surface area contributed by atoms with Crippen molar-refractivity contribution in [1.82, 2.24) is 0 Å². The first-order valence-electron chi connectivity index (χ1n) is 12.5. The molecule has 0 saturated carbocycles. The lowest BCUT2D eigenvalue weighted by atomic mass is 9.91. The zero-order valence-electron chi connectivity index (χ0n) is 21.6. The van der Waals surface area contributed by atoms with Gasteiger partial charge < -0.3 is 4.72 Å². The summed E-state index contributed by atoms with van der Waals surface area (Å²) in [5.74, 6) is 0. The molecular formula is C30H22BrNS. The van der Waals surface area contributed by atoms with E-state index in [0.29, 0.717) is 0 Å². The molecule has 5 rings (SSSR count). The summed E-state index contributed by atoms with van der Waals surface area (Å²) in [6.45, 7) is 0. The highest BCUT2D eigenvalue weighted by molar-refractivity contribution is 9.10. The van der Waals surface area contributed by atoms with Crippen LogP contribution in [0.25, 0.3) is 33.4 Å². The predicted molar refractivity (Wildman–Crippen MR) is 146 cm³/mol. The highest BCUT2D eigenvalue weighted by Crippen LogP contribution is 2.42. The van der Waals surface area contributed by atoms with Gasteiger partial charge in [-0.2, -0.15) is 0 Å². The van der Waals surface area contributed by atoms with Gasteiger partial charge >= 0.3 is 0 Å². The van der Waals surface area contributed by atoms with Crippen molar-refractivity contribution >= 4 is 33.6 Å². The Morgan fingerprint density at radius 2 is 1.03 bits per heavy atom. The second kappa shape index (κ2) is 10.1. The molecule has 0 saturated heterocycles. The van der Waals surface area contributed by atoms with E-state index in [1.807, 2.05) is 54.6 Å². The highest BCUT2D eigenvalue weighted by Gasteiger charge is 2.15. The Bertz CT molecular complexity index is 1470. The van der Waals surface area contributed by atoms with Crippen molar-refractivity contribution in [2.75, 3.05) is 4.72 Å². The minimum Gasteiger partial charge on any atom is -0.325 e. The number of rotatable bonds is 6. The monoisotopic (exact) mass is 511 g/mol. The van der Waals surface area contributed by atoms with Gasteiger partial charge in [-0.25, -0.2) is 0 Å². The minimum atomic E-state index is -0.101. The topological polar surface area (TPSA) is 12.0 Å². The predicted octanol–water partition coefficient (Wildman–Crippen LogP) is 9.57. The van der Waals surface area contributed by atoms with E-state index in [1.54, 1.807) is 0 Å². The molecule has 0 aliphatic carbocycles. The van der Waals surface area contributed by atoms with Crippen molar-refractivity contribution in [2.24, 2.45) is 0 Å². The van der Waals surface area contributed by atoms with Gasteiger partial charge in [-0.15, -0.1) is 0 Å². The molecular weight excluding hydrogens is 486 g/mol. The Morgan fingerprint density at radius 3 is 1.52 bits per heavy atom. The Morgan fingerprint density at radius 1 is 0.576 bits per heavy atom. The largest absolute Gasteiger partial charge is 0.325 e. The van der Waals surface area contributed by atoms with E-state index in [1.165, 1.54) is 0 Å². The lowest BCUT2D eigenvalue weighted by Crippen LogP contribution is -1.96. The van der Waals surface area contributed by atoms with E-state index in [-0.39, 0.29) is 33.5 Å². The Balaban J connectivity index is 1.72.